The minimum atomic E-state index is 1.11. The molecule has 0 saturated carbocycles. The zero-order chi connectivity index (χ0) is 8.93. The standard InChI is InChI=1S/C7H13N.C2H2N2O/c1-4-8-5-2-7(1)3-6-8;1-2-5-4-3-1/h7H,1-6H2;1-2H. The third-order valence-electron chi connectivity index (χ3n) is 2.84. The summed E-state index contributed by atoms with van der Waals surface area (Å²) in [7, 11) is 0. The molecular weight excluding hydrogens is 166 g/mol. The van der Waals surface area contributed by atoms with Crippen LogP contribution in [0.2, 0.25) is 0 Å². The lowest BCUT2D eigenvalue weighted by Crippen LogP contribution is -2.41. The minimum Gasteiger partial charge on any atom is -0.346 e. The highest BCUT2D eigenvalue weighted by atomic mass is 16.5. The van der Waals surface area contributed by atoms with E-state index in [4.69, 9.17) is 0 Å². The normalized spacial score (nSPS) is 30.8. The molecule has 0 amide bonds. The number of nitrogens with zero attached hydrogens (tertiary/aromatic N) is 3. The quantitative estimate of drug-likeness (QED) is 0.602. The van der Waals surface area contributed by atoms with Crippen LogP contribution in [0.3, 0.4) is 0 Å². The van der Waals surface area contributed by atoms with Crippen molar-refractivity contribution in [1.29, 1.82) is 0 Å². The van der Waals surface area contributed by atoms with Crippen LogP contribution >= 0.6 is 0 Å². The van der Waals surface area contributed by atoms with Gasteiger partial charge in [0.15, 0.2) is 0 Å². The van der Waals surface area contributed by atoms with Gasteiger partial charge in [-0.25, -0.2) is 0 Å². The van der Waals surface area contributed by atoms with Gasteiger partial charge < -0.3 is 9.42 Å². The average Bonchev–Trinajstić information content (AvgIpc) is 2.79. The van der Waals surface area contributed by atoms with E-state index in [2.05, 4.69) is 19.8 Å². The molecule has 0 radical (unpaired) electrons. The van der Waals surface area contributed by atoms with Gasteiger partial charge in [0, 0.05) is 5.27 Å². The fourth-order valence-electron chi connectivity index (χ4n) is 2.00. The molecule has 3 fully saturated rings. The zero-order valence-electron chi connectivity index (χ0n) is 7.72. The average molecular weight is 181 g/mol. The SMILES string of the molecule is C1CN2CCC1CC2.c1conn1. The van der Waals surface area contributed by atoms with Crippen LogP contribution in [0.25, 0.3) is 0 Å². The molecule has 4 nitrogen and oxygen atoms in total. The first-order valence-corrected chi connectivity index (χ1v) is 4.88. The first kappa shape index (κ1) is 8.69. The monoisotopic (exact) mass is 181 g/mol. The Labute approximate surface area is 77.9 Å². The smallest absolute Gasteiger partial charge is 0.144 e. The summed E-state index contributed by atoms with van der Waals surface area (Å²) in [6, 6.07) is 0. The molecular formula is C9H15N3O. The Balaban J connectivity index is 0.000000113. The molecule has 2 bridgehead atoms. The Hall–Kier alpha value is -0.900. The molecule has 0 spiro atoms. The van der Waals surface area contributed by atoms with Crippen molar-refractivity contribution in [2.75, 3.05) is 19.6 Å². The third-order valence-corrected chi connectivity index (χ3v) is 2.84. The number of hydrogen-bond acceptors (Lipinski definition) is 4. The molecule has 0 N–H and O–H groups in total. The zero-order valence-corrected chi connectivity index (χ0v) is 7.72. The predicted octanol–water partition coefficient (Wildman–Crippen LogP) is 1.17. The van der Waals surface area contributed by atoms with Crippen LogP contribution in [0.1, 0.15) is 19.3 Å². The van der Waals surface area contributed by atoms with Crippen molar-refractivity contribution in [2.45, 2.75) is 19.3 Å². The van der Waals surface area contributed by atoms with Crippen molar-refractivity contribution in [1.82, 2.24) is 15.3 Å². The molecule has 0 aromatic carbocycles. The van der Waals surface area contributed by atoms with Crippen molar-refractivity contribution in [3.63, 3.8) is 0 Å². The third kappa shape index (κ3) is 2.52. The van der Waals surface area contributed by atoms with Gasteiger partial charge in [0.2, 0.25) is 0 Å². The van der Waals surface area contributed by atoms with Gasteiger partial charge in [-0.05, 0) is 44.8 Å². The molecule has 3 aliphatic rings. The molecule has 0 unspecified atom stereocenters. The van der Waals surface area contributed by atoms with Crippen molar-refractivity contribution in [3.8, 4) is 0 Å². The Morgan fingerprint density at radius 2 is 1.85 bits per heavy atom. The Bertz CT molecular complexity index is 177. The maximum absolute atomic E-state index is 4.22. The first-order valence-electron chi connectivity index (χ1n) is 4.88. The highest BCUT2D eigenvalue weighted by Crippen LogP contribution is 2.26. The summed E-state index contributed by atoms with van der Waals surface area (Å²) in [5, 5.41) is 6.40. The molecule has 4 heteroatoms. The van der Waals surface area contributed by atoms with Crippen molar-refractivity contribution >= 4 is 0 Å². The van der Waals surface area contributed by atoms with E-state index in [1.54, 1.807) is 0 Å². The van der Waals surface area contributed by atoms with E-state index in [0.717, 1.165) is 5.92 Å². The van der Waals surface area contributed by atoms with Crippen molar-refractivity contribution < 1.29 is 4.52 Å². The van der Waals surface area contributed by atoms with Crippen LogP contribution in [-0.4, -0.2) is 34.9 Å². The second kappa shape index (κ2) is 4.37. The molecule has 3 saturated heterocycles. The summed E-state index contributed by atoms with van der Waals surface area (Å²) >= 11 is 0. The van der Waals surface area contributed by atoms with Crippen molar-refractivity contribution in [3.05, 3.63) is 12.5 Å². The molecule has 4 heterocycles. The van der Waals surface area contributed by atoms with E-state index < -0.39 is 0 Å². The number of piperidine rings is 3. The summed E-state index contributed by atoms with van der Waals surface area (Å²) in [6.07, 6.45) is 7.33. The van der Waals surface area contributed by atoms with Crippen molar-refractivity contribution in [2.24, 2.45) is 5.92 Å². The van der Waals surface area contributed by atoms with E-state index in [1.165, 1.54) is 51.4 Å². The first-order chi connectivity index (χ1) is 6.45. The lowest BCUT2D eigenvalue weighted by atomic mass is 9.89. The fraction of sp³-hybridized carbons (Fsp3) is 0.778. The highest BCUT2D eigenvalue weighted by Gasteiger charge is 2.24. The van der Waals surface area contributed by atoms with Gasteiger partial charge in [0.05, 0.1) is 6.20 Å². The molecule has 72 valence electrons. The molecule has 0 aliphatic carbocycles. The Morgan fingerprint density at radius 1 is 1.15 bits per heavy atom. The Morgan fingerprint density at radius 3 is 2.00 bits per heavy atom. The second-order valence-electron chi connectivity index (χ2n) is 3.66. The highest BCUT2D eigenvalue weighted by molar-refractivity contribution is 4.78. The maximum atomic E-state index is 4.22. The summed E-state index contributed by atoms with van der Waals surface area (Å²) in [4.78, 5) is 2.58. The van der Waals surface area contributed by atoms with Crippen LogP contribution in [-0.2, 0) is 0 Å². The molecule has 13 heavy (non-hydrogen) atoms. The van der Waals surface area contributed by atoms with Crippen LogP contribution in [0.4, 0.5) is 0 Å². The molecule has 4 rings (SSSR count). The van der Waals surface area contributed by atoms with E-state index >= 15 is 0 Å². The Kier molecular flexibility index (Phi) is 2.92. The van der Waals surface area contributed by atoms with Crippen LogP contribution in [0.15, 0.2) is 17.0 Å². The van der Waals surface area contributed by atoms with Crippen LogP contribution < -0.4 is 0 Å². The number of hydrogen-bond donors (Lipinski definition) is 0. The fourth-order valence-corrected chi connectivity index (χ4v) is 2.00. The van der Waals surface area contributed by atoms with Gasteiger partial charge >= 0.3 is 0 Å². The predicted molar refractivity (Wildman–Crippen MR) is 48.1 cm³/mol. The van der Waals surface area contributed by atoms with Crippen LogP contribution in [0.5, 0.6) is 0 Å². The number of fused-ring (bicyclic) bond motifs is 3. The van der Waals surface area contributed by atoms with Gasteiger partial charge in [-0.3, -0.25) is 0 Å². The minimum absolute atomic E-state index is 1.11. The summed E-state index contributed by atoms with van der Waals surface area (Å²) in [5.41, 5.74) is 0. The van der Waals surface area contributed by atoms with Gasteiger partial charge in [-0.1, -0.05) is 0 Å². The van der Waals surface area contributed by atoms with E-state index in [1.807, 2.05) is 0 Å². The maximum Gasteiger partial charge on any atom is 0.144 e. The molecule has 3 aliphatic heterocycles. The lowest BCUT2D eigenvalue weighted by Gasteiger charge is -2.38. The summed E-state index contributed by atoms with van der Waals surface area (Å²) < 4.78 is 4.22. The van der Waals surface area contributed by atoms with E-state index in [9.17, 15) is 0 Å². The summed E-state index contributed by atoms with van der Waals surface area (Å²) in [6.45, 7) is 4.18. The van der Waals surface area contributed by atoms with E-state index in [-0.39, 0.29) is 0 Å². The number of rotatable bonds is 0. The second-order valence-corrected chi connectivity index (χ2v) is 3.66. The van der Waals surface area contributed by atoms with E-state index in [0.29, 0.717) is 0 Å². The molecule has 1 aromatic rings. The van der Waals surface area contributed by atoms with Crippen LogP contribution in [0, 0.1) is 5.92 Å². The molecule has 1 aromatic heterocycles. The number of aromatic nitrogens is 2. The van der Waals surface area contributed by atoms with Gasteiger partial charge in [-0.15, -0.1) is 5.10 Å². The van der Waals surface area contributed by atoms with Gasteiger partial charge in [0.1, 0.15) is 6.26 Å². The van der Waals surface area contributed by atoms with Gasteiger partial charge in [0.25, 0.3) is 0 Å². The lowest BCUT2D eigenvalue weighted by molar-refractivity contribution is 0.111. The summed E-state index contributed by atoms with van der Waals surface area (Å²) in [5.74, 6) is 1.11. The largest absolute Gasteiger partial charge is 0.346 e. The topological polar surface area (TPSA) is 42.2 Å². The molecule has 0 atom stereocenters. The van der Waals surface area contributed by atoms with Gasteiger partial charge in [-0.2, -0.15) is 0 Å².